The van der Waals surface area contributed by atoms with Crippen molar-refractivity contribution in [2.24, 2.45) is 0 Å². The van der Waals surface area contributed by atoms with Crippen LogP contribution in [0.3, 0.4) is 0 Å². The van der Waals surface area contributed by atoms with E-state index >= 15 is 0 Å². The van der Waals surface area contributed by atoms with Crippen LogP contribution >= 0.6 is 18.2 Å². The van der Waals surface area contributed by atoms with Crippen molar-refractivity contribution in [1.82, 2.24) is 5.32 Å². The van der Waals surface area contributed by atoms with Crippen molar-refractivity contribution in [1.29, 1.82) is 0 Å². The lowest BCUT2D eigenvalue weighted by molar-refractivity contribution is 0.396. The topological polar surface area (TPSA) is 69.6 Å². The van der Waals surface area contributed by atoms with Crippen molar-refractivity contribution in [3.63, 3.8) is 0 Å². The molecule has 0 aliphatic rings. The first kappa shape index (κ1) is 17.7. The van der Waals surface area contributed by atoms with Crippen molar-refractivity contribution in [3.05, 3.63) is 42.5 Å². The minimum atomic E-state index is -4.05. The van der Waals surface area contributed by atoms with Crippen molar-refractivity contribution in [2.75, 3.05) is 6.17 Å². The second kappa shape index (κ2) is 6.87. The average molecular weight is 355 g/mol. The molecule has 0 bridgehead atoms. The van der Waals surface area contributed by atoms with Gasteiger partial charge in [-0.25, -0.2) is 4.57 Å². The first-order chi connectivity index (χ1) is 10.2. The largest absolute Gasteiger partial charge is 0.385 e. The van der Waals surface area contributed by atoms with Gasteiger partial charge in [-0.1, -0.05) is 60.7 Å². The van der Waals surface area contributed by atoms with Gasteiger partial charge in [0, 0.05) is 0 Å². The monoisotopic (exact) mass is 355 g/mol. The highest BCUT2D eigenvalue weighted by atomic mass is 32.7. The normalized spacial score (nSPS) is 14.2. The smallest absolute Gasteiger partial charge is 0.317 e. The zero-order valence-electron chi connectivity index (χ0n) is 13.0. The van der Waals surface area contributed by atoms with E-state index in [2.05, 4.69) is 54.8 Å². The van der Waals surface area contributed by atoms with Gasteiger partial charge in [-0.3, -0.25) is 0 Å². The molecular weight excluding hydrogens is 333 g/mol. The Morgan fingerprint density at radius 3 is 2.50 bits per heavy atom. The number of fused-ring (bicyclic) bond motifs is 1. The highest BCUT2D eigenvalue weighted by molar-refractivity contribution is 8.54. The lowest BCUT2D eigenvalue weighted by Crippen LogP contribution is -2.52. The van der Waals surface area contributed by atoms with E-state index < -0.39 is 14.9 Å². The number of hydrogen-bond donors (Lipinski definition) is 3. The Labute approximate surface area is 136 Å². The van der Waals surface area contributed by atoms with Gasteiger partial charge >= 0.3 is 6.80 Å². The second-order valence-corrected chi connectivity index (χ2v) is 14.6. The molecule has 0 saturated heterocycles. The quantitative estimate of drug-likeness (QED) is 0.422. The summed E-state index contributed by atoms with van der Waals surface area (Å²) < 4.78 is 11.0. The van der Waals surface area contributed by atoms with Gasteiger partial charge in [-0.05, 0) is 35.2 Å². The van der Waals surface area contributed by atoms with Crippen LogP contribution in [-0.4, -0.2) is 29.4 Å². The van der Waals surface area contributed by atoms with Gasteiger partial charge in [0.1, 0.15) is 0 Å². The van der Waals surface area contributed by atoms with Crippen molar-refractivity contribution < 1.29 is 14.4 Å². The molecule has 0 saturated carbocycles. The van der Waals surface area contributed by atoms with E-state index in [1.165, 1.54) is 16.0 Å². The second-order valence-electron chi connectivity index (χ2n) is 6.03. The average Bonchev–Trinajstić information content (AvgIpc) is 2.43. The summed E-state index contributed by atoms with van der Waals surface area (Å²) >= 11 is 0.674. The van der Waals surface area contributed by atoms with Crippen LogP contribution in [0.1, 0.15) is 6.92 Å². The Bertz CT molecular complexity index is 699. The molecular formula is C15H22NO3PSSi. The van der Waals surface area contributed by atoms with Crippen LogP contribution in [0.5, 0.6) is 0 Å². The summed E-state index contributed by atoms with van der Waals surface area (Å²) in [6.45, 7) is 2.29. The molecule has 0 heterocycles. The molecule has 2 aromatic carbocycles. The molecule has 1 unspecified atom stereocenters. The van der Waals surface area contributed by atoms with Gasteiger partial charge in [-0.2, -0.15) is 0 Å². The maximum Gasteiger partial charge on any atom is 0.385 e. The zero-order valence-corrected chi connectivity index (χ0v) is 15.7. The molecule has 0 radical (unpaired) electrons. The molecule has 120 valence electrons. The van der Waals surface area contributed by atoms with Crippen molar-refractivity contribution >= 4 is 42.2 Å². The molecule has 0 spiro atoms. The summed E-state index contributed by atoms with van der Waals surface area (Å²) in [5.41, 5.74) is 0. The van der Waals surface area contributed by atoms with E-state index in [1.807, 2.05) is 6.07 Å². The third kappa shape index (κ3) is 4.68. The molecule has 7 heteroatoms. The minimum Gasteiger partial charge on any atom is -0.317 e. The van der Waals surface area contributed by atoms with E-state index in [4.69, 9.17) is 9.79 Å². The molecule has 0 aromatic heterocycles. The van der Waals surface area contributed by atoms with E-state index in [1.54, 1.807) is 6.92 Å². The van der Waals surface area contributed by atoms with Crippen LogP contribution < -0.4 is 10.5 Å². The molecule has 4 nitrogen and oxygen atoms in total. The van der Waals surface area contributed by atoms with E-state index in [0.29, 0.717) is 11.4 Å². The highest BCUT2D eigenvalue weighted by Crippen LogP contribution is 2.51. The predicted molar refractivity (Wildman–Crippen MR) is 98.2 cm³/mol. The Morgan fingerprint density at radius 2 is 1.82 bits per heavy atom. The van der Waals surface area contributed by atoms with Crippen molar-refractivity contribution in [2.45, 2.75) is 25.4 Å². The molecule has 0 aliphatic carbocycles. The zero-order chi connectivity index (χ0) is 16.4. The maximum atomic E-state index is 11.0. The van der Waals surface area contributed by atoms with Crippen LogP contribution in [0.15, 0.2) is 42.5 Å². The minimum absolute atomic E-state index is 0.275. The molecule has 2 aromatic rings. The summed E-state index contributed by atoms with van der Waals surface area (Å²) in [4.78, 5) is 18.0. The fourth-order valence-electron chi connectivity index (χ4n) is 2.55. The Kier molecular flexibility index (Phi) is 5.53. The molecule has 0 aliphatic heterocycles. The molecule has 1 atom stereocenters. The first-order valence-electron chi connectivity index (χ1n) is 7.15. The van der Waals surface area contributed by atoms with Crippen LogP contribution in [0.25, 0.3) is 10.8 Å². The van der Waals surface area contributed by atoms with Crippen LogP contribution in [0.2, 0.25) is 13.1 Å². The Balaban J connectivity index is 2.17. The highest BCUT2D eigenvalue weighted by Gasteiger charge is 2.27. The summed E-state index contributed by atoms with van der Waals surface area (Å²) in [5, 5.41) is 6.88. The summed E-state index contributed by atoms with van der Waals surface area (Å²) in [6, 6.07) is 14.7. The van der Waals surface area contributed by atoms with Crippen LogP contribution in [-0.2, 0) is 4.57 Å². The van der Waals surface area contributed by atoms with Gasteiger partial charge in [-0.15, -0.1) is 0 Å². The fourth-order valence-corrected chi connectivity index (χ4v) is 7.24. The van der Waals surface area contributed by atoms with Crippen LogP contribution in [0.4, 0.5) is 0 Å². The Morgan fingerprint density at radius 1 is 1.18 bits per heavy atom. The Hall–Kier alpha value is -0.623. The molecule has 0 amide bonds. The predicted octanol–water partition coefficient (Wildman–Crippen LogP) is 3.06. The standard InChI is InChI=1S/C15H22NO3PSSi/c1-12(21-20(17,18)19)16-11-22(2,3)15-10-6-8-13-7-4-5-9-14(13)15/h4-10,12,16H,11H2,1-3H3,(H2,17,18,19). The van der Waals surface area contributed by atoms with Gasteiger partial charge in [0.05, 0.1) is 13.4 Å². The maximum absolute atomic E-state index is 11.0. The third-order valence-electron chi connectivity index (χ3n) is 3.65. The van der Waals surface area contributed by atoms with E-state index in [9.17, 15) is 4.57 Å². The van der Waals surface area contributed by atoms with Gasteiger partial charge in [0.15, 0.2) is 0 Å². The molecule has 2 rings (SSSR count). The molecule has 22 heavy (non-hydrogen) atoms. The SMILES string of the molecule is CC(NC[Si](C)(C)c1cccc2ccccc12)SP(=O)(O)O. The number of rotatable bonds is 6. The van der Waals surface area contributed by atoms with E-state index in [-0.39, 0.29) is 5.37 Å². The summed E-state index contributed by atoms with van der Waals surface area (Å²) in [5.74, 6) is 0. The molecule has 3 N–H and O–H groups in total. The number of benzene rings is 2. The van der Waals surface area contributed by atoms with E-state index in [0.717, 1.165) is 6.17 Å². The first-order valence-corrected chi connectivity index (χ1v) is 13.4. The van der Waals surface area contributed by atoms with Gasteiger partial charge < -0.3 is 15.1 Å². The van der Waals surface area contributed by atoms with Gasteiger partial charge in [0.25, 0.3) is 0 Å². The van der Waals surface area contributed by atoms with Gasteiger partial charge in [0.2, 0.25) is 0 Å². The molecule has 0 fully saturated rings. The summed E-state index contributed by atoms with van der Waals surface area (Å²) in [7, 11) is -1.76. The summed E-state index contributed by atoms with van der Waals surface area (Å²) in [6.07, 6.45) is 0.773. The lowest BCUT2D eigenvalue weighted by atomic mass is 10.1. The fraction of sp³-hybridized carbons (Fsp3) is 0.333. The third-order valence-corrected chi connectivity index (χ3v) is 9.16. The van der Waals surface area contributed by atoms with Crippen molar-refractivity contribution in [3.8, 4) is 0 Å². The number of hydrogen-bond acceptors (Lipinski definition) is 3. The van der Waals surface area contributed by atoms with Crippen LogP contribution in [0, 0.1) is 0 Å². The lowest BCUT2D eigenvalue weighted by Gasteiger charge is -2.27. The number of nitrogens with one attached hydrogen (secondary N) is 1.